The normalized spacial score (nSPS) is 19.0. The highest BCUT2D eigenvalue weighted by molar-refractivity contribution is 5.90. The van der Waals surface area contributed by atoms with Crippen LogP contribution in [-0.4, -0.2) is 18.7 Å². The summed E-state index contributed by atoms with van der Waals surface area (Å²) in [6.45, 7) is -0.175. The van der Waals surface area contributed by atoms with Gasteiger partial charge in [-0.1, -0.05) is 0 Å². The van der Waals surface area contributed by atoms with E-state index in [0.717, 1.165) is 0 Å². The Morgan fingerprint density at radius 3 is 2.71 bits per heavy atom. The zero-order valence-electron chi connectivity index (χ0n) is 3.35. The molecule has 0 spiro atoms. The lowest BCUT2D eigenvalue weighted by atomic mass is 10.7. The molecule has 1 heterocycles. The van der Waals surface area contributed by atoms with Crippen molar-refractivity contribution in [3.8, 4) is 0 Å². The van der Waals surface area contributed by atoms with Crippen molar-refractivity contribution in [2.24, 2.45) is 4.99 Å². The molecule has 7 heavy (non-hydrogen) atoms. The van der Waals surface area contributed by atoms with Crippen LogP contribution >= 0.6 is 0 Å². The highest BCUT2D eigenvalue weighted by atomic mass is 19.1. The summed E-state index contributed by atoms with van der Waals surface area (Å²) in [6.07, 6.45) is -1.02. The lowest BCUT2D eigenvalue weighted by Crippen LogP contribution is -1.99. The molecule has 1 aliphatic rings. The fourth-order valence-corrected chi connectivity index (χ4v) is 0.285. The van der Waals surface area contributed by atoms with Gasteiger partial charge in [0.25, 0.3) is 0 Å². The standard InChI is InChI=1S/C3H2FNO2/c4-3-5-1-2(6)7-3/h1H2. The summed E-state index contributed by atoms with van der Waals surface area (Å²) < 4.78 is 15.3. The van der Waals surface area contributed by atoms with Gasteiger partial charge >= 0.3 is 12.1 Å². The van der Waals surface area contributed by atoms with E-state index in [4.69, 9.17) is 0 Å². The second-order valence-corrected chi connectivity index (χ2v) is 1.04. The molecule has 0 atom stereocenters. The first-order valence-electron chi connectivity index (χ1n) is 1.69. The molecule has 0 saturated carbocycles. The second-order valence-electron chi connectivity index (χ2n) is 1.04. The number of halogens is 1. The Kier molecular flexibility index (Phi) is 0.780. The van der Waals surface area contributed by atoms with Gasteiger partial charge in [-0.2, -0.15) is 0 Å². The van der Waals surface area contributed by atoms with E-state index in [1.165, 1.54) is 0 Å². The molecular formula is C3H2FNO2. The number of ether oxygens (including phenoxy) is 1. The molecule has 0 radical (unpaired) electrons. The van der Waals surface area contributed by atoms with Gasteiger partial charge in [0.15, 0.2) is 0 Å². The number of esters is 1. The molecule has 0 saturated heterocycles. The molecular weight excluding hydrogens is 101 g/mol. The van der Waals surface area contributed by atoms with E-state index in [0.29, 0.717) is 0 Å². The monoisotopic (exact) mass is 103 g/mol. The highest BCUT2D eigenvalue weighted by Gasteiger charge is 2.13. The van der Waals surface area contributed by atoms with Crippen LogP contribution in [0.3, 0.4) is 0 Å². The minimum atomic E-state index is -1.02. The van der Waals surface area contributed by atoms with E-state index in [1.807, 2.05) is 0 Å². The van der Waals surface area contributed by atoms with Crippen LogP contribution in [0.4, 0.5) is 4.39 Å². The third-order valence-corrected chi connectivity index (χ3v) is 0.531. The molecule has 0 unspecified atom stereocenters. The highest BCUT2D eigenvalue weighted by Crippen LogP contribution is 1.94. The van der Waals surface area contributed by atoms with Crippen LogP contribution in [0.2, 0.25) is 0 Å². The fraction of sp³-hybridized carbons (Fsp3) is 0.333. The molecule has 0 aliphatic carbocycles. The first kappa shape index (κ1) is 4.23. The summed E-state index contributed by atoms with van der Waals surface area (Å²) in [5.74, 6) is -0.627. The predicted molar refractivity (Wildman–Crippen MR) is 19.5 cm³/mol. The average Bonchev–Trinajstić information content (AvgIpc) is 1.87. The smallest absolute Gasteiger partial charge is 0.380 e. The van der Waals surface area contributed by atoms with Crippen LogP contribution in [-0.2, 0) is 9.53 Å². The summed E-state index contributed by atoms with van der Waals surface area (Å²) in [4.78, 5) is 12.9. The molecule has 0 N–H and O–H groups in total. The van der Waals surface area contributed by atoms with E-state index < -0.39 is 12.1 Å². The molecule has 3 nitrogen and oxygen atoms in total. The maximum absolute atomic E-state index is 11.5. The largest absolute Gasteiger partial charge is 0.382 e. The Hall–Kier alpha value is -0.930. The van der Waals surface area contributed by atoms with Gasteiger partial charge in [-0.3, -0.25) is 0 Å². The number of cyclic esters (lactones) is 1. The van der Waals surface area contributed by atoms with E-state index in [9.17, 15) is 9.18 Å². The van der Waals surface area contributed by atoms with E-state index in [1.54, 1.807) is 0 Å². The molecule has 0 aromatic carbocycles. The van der Waals surface area contributed by atoms with E-state index in [-0.39, 0.29) is 6.54 Å². The van der Waals surface area contributed by atoms with E-state index in [2.05, 4.69) is 9.73 Å². The van der Waals surface area contributed by atoms with Gasteiger partial charge in [-0.25, -0.2) is 9.79 Å². The van der Waals surface area contributed by atoms with Crippen LogP contribution < -0.4 is 0 Å². The molecule has 0 aromatic rings. The van der Waals surface area contributed by atoms with Crippen LogP contribution in [0.5, 0.6) is 0 Å². The van der Waals surface area contributed by atoms with Crippen LogP contribution in [0, 0.1) is 0 Å². The SMILES string of the molecule is O=C1CN=C(F)O1. The summed E-state index contributed by atoms with van der Waals surface area (Å²) in [5.41, 5.74) is 0. The average molecular weight is 103 g/mol. The Labute approximate surface area is 38.8 Å². The number of hydrogen-bond donors (Lipinski definition) is 0. The maximum atomic E-state index is 11.5. The zero-order valence-corrected chi connectivity index (χ0v) is 3.35. The minimum Gasteiger partial charge on any atom is -0.382 e. The van der Waals surface area contributed by atoms with Gasteiger partial charge < -0.3 is 4.74 Å². The van der Waals surface area contributed by atoms with Gasteiger partial charge in [0, 0.05) is 0 Å². The molecule has 1 aliphatic heterocycles. The Bertz CT molecular complexity index is 131. The second kappa shape index (κ2) is 1.29. The van der Waals surface area contributed by atoms with Crippen molar-refractivity contribution in [3.63, 3.8) is 0 Å². The lowest BCUT2D eigenvalue weighted by Gasteiger charge is -1.80. The third kappa shape index (κ3) is 0.734. The Morgan fingerprint density at radius 1 is 1.86 bits per heavy atom. The van der Waals surface area contributed by atoms with Gasteiger partial charge in [-0.15, -0.1) is 4.39 Å². The number of carbonyl (C=O) groups is 1. The Morgan fingerprint density at radius 2 is 2.57 bits per heavy atom. The van der Waals surface area contributed by atoms with Gasteiger partial charge in [-0.05, 0) is 0 Å². The van der Waals surface area contributed by atoms with Crippen molar-refractivity contribution in [2.45, 2.75) is 0 Å². The lowest BCUT2D eigenvalue weighted by molar-refractivity contribution is -0.132. The topological polar surface area (TPSA) is 38.7 Å². The first-order valence-corrected chi connectivity index (χ1v) is 1.69. The summed E-state index contributed by atoms with van der Waals surface area (Å²) >= 11 is 0. The zero-order chi connectivity index (χ0) is 5.28. The number of hydrogen-bond acceptors (Lipinski definition) is 3. The maximum Gasteiger partial charge on any atom is 0.380 e. The van der Waals surface area contributed by atoms with Crippen LogP contribution in [0.15, 0.2) is 4.99 Å². The van der Waals surface area contributed by atoms with Crippen molar-refractivity contribution < 1.29 is 13.9 Å². The summed E-state index contributed by atoms with van der Waals surface area (Å²) in [6, 6.07) is 0. The summed E-state index contributed by atoms with van der Waals surface area (Å²) in [5, 5.41) is 0. The molecule has 0 aromatic heterocycles. The molecule has 4 heteroatoms. The Balaban J connectivity index is 2.58. The number of nitrogens with zero attached hydrogens (tertiary/aromatic N) is 1. The third-order valence-electron chi connectivity index (χ3n) is 0.531. The summed E-state index contributed by atoms with van der Waals surface area (Å²) in [7, 11) is 0. The van der Waals surface area contributed by atoms with Gasteiger partial charge in [0.05, 0.1) is 0 Å². The van der Waals surface area contributed by atoms with Crippen molar-refractivity contribution in [1.82, 2.24) is 0 Å². The minimum absolute atomic E-state index is 0.175. The van der Waals surface area contributed by atoms with E-state index >= 15 is 0 Å². The molecule has 1 rings (SSSR count). The van der Waals surface area contributed by atoms with Crippen molar-refractivity contribution >= 4 is 12.1 Å². The quantitative estimate of drug-likeness (QED) is 0.400. The van der Waals surface area contributed by atoms with Crippen LogP contribution in [0.1, 0.15) is 0 Å². The number of aliphatic imine (C=N–C) groups is 1. The van der Waals surface area contributed by atoms with Crippen molar-refractivity contribution in [2.75, 3.05) is 6.54 Å². The molecule has 0 amide bonds. The molecule has 38 valence electrons. The molecule has 0 bridgehead atoms. The van der Waals surface area contributed by atoms with Crippen molar-refractivity contribution in [1.29, 1.82) is 0 Å². The molecule has 0 fully saturated rings. The number of rotatable bonds is 0. The fourth-order valence-electron chi connectivity index (χ4n) is 0.285. The van der Waals surface area contributed by atoms with Gasteiger partial charge in [0.2, 0.25) is 0 Å². The first-order chi connectivity index (χ1) is 3.29. The van der Waals surface area contributed by atoms with Gasteiger partial charge in [0.1, 0.15) is 6.54 Å². The van der Waals surface area contributed by atoms with Crippen molar-refractivity contribution in [3.05, 3.63) is 0 Å². The number of carbonyl (C=O) groups excluding carboxylic acids is 1. The predicted octanol–water partition coefficient (Wildman–Crippen LogP) is -0.131. The van der Waals surface area contributed by atoms with Crippen LogP contribution in [0.25, 0.3) is 0 Å².